The molecule has 2 aromatic rings. The number of para-hydroxylation sites is 2. The van der Waals surface area contributed by atoms with Gasteiger partial charge in [0.1, 0.15) is 16.1 Å². The first-order chi connectivity index (χ1) is 7.22. The average molecular weight is 220 g/mol. The van der Waals surface area contributed by atoms with Gasteiger partial charge in [-0.15, -0.1) is 0 Å². The van der Waals surface area contributed by atoms with Gasteiger partial charge >= 0.3 is 0 Å². The minimum absolute atomic E-state index is 0.747. The summed E-state index contributed by atoms with van der Waals surface area (Å²) in [7, 11) is 1.65. The standard InChI is InChI=1S/C11H12N2OS/c1-8-7-11(15)13(12-8)9-5-3-4-6-10(9)14-2/h3-7,12H,1-2H3. The summed E-state index contributed by atoms with van der Waals surface area (Å²) in [5, 5.41) is 3.17. The van der Waals surface area contributed by atoms with Gasteiger partial charge in [0.25, 0.3) is 0 Å². The van der Waals surface area contributed by atoms with Gasteiger partial charge in [0.2, 0.25) is 0 Å². The first-order valence-electron chi connectivity index (χ1n) is 4.64. The molecule has 0 fully saturated rings. The molecular weight excluding hydrogens is 208 g/mol. The summed E-state index contributed by atoms with van der Waals surface area (Å²) < 4.78 is 7.86. The molecule has 0 saturated carbocycles. The fourth-order valence-corrected chi connectivity index (χ4v) is 1.83. The van der Waals surface area contributed by atoms with E-state index in [0.29, 0.717) is 0 Å². The lowest BCUT2D eigenvalue weighted by molar-refractivity contribution is 0.411. The van der Waals surface area contributed by atoms with Crippen LogP contribution in [0.4, 0.5) is 0 Å². The summed E-state index contributed by atoms with van der Waals surface area (Å²) in [5.41, 5.74) is 1.96. The molecule has 0 amide bonds. The third-order valence-corrected chi connectivity index (χ3v) is 2.48. The minimum Gasteiger partial charge on any atom is -0.494 e. The smallest absolute Gasteiger partial charge is 0.144 e. The number of H-pyrrole nitrogens is 1. The Balaban J connectivity index is 2.63. The Morgan fingerprint density at radius 3 is 2.67 bits per heavy atom. The van der Waals surface area contributed by atoms with Crippen LogP contribution >= 0.6 is 12.2 Å². The van der Waals surface area contributed by atoms with Crippen molar-refractivity contribution < 1.29 is 4.74 Å². The SMILES string of the molecule is COc1ccccc1-n1[nH]c(C)cc1=S. The van der Waals surface area contributed by atoms with Crippen LogP contribution in [-0.2, 0) is 0 Å². The topological polar surface area (TPSA) is 29.9 Å². The molecule has 0 aliphatic heterocycles. The number of nitrogens with one attached hydrogen (secondary N) is 1. The maximum Gasteiger partial charge on any atom is 0.144 e. The van der Waals surface area contributed by atoms with Gasteiger partial charge in [0.05, 0.1) is 7.11 Å². The summed E-state index contributed by atoms with van der Waals surface area (Å²) in [5.74, 6) is 0.801. The van der Waals surface area contributed by atoms with Crippen molar-refractivity contribution in [3.05, 3.63) is 40.7 Å². The molecule has 78 valence electrons. The number of hydrogen-bond donors (Lipinski definition) is 1. The van der Waals surface area contributed by atoms with Gasteiger partial charge in [-0.3, -0.25) is 5.10 Å². The second-order valence-electron chi connectivity index (χ2n) is 3.28. The molecule has 2 rings (SSSR count). The molecule has 1 aromatic carbocycles. The number of benzene rings is 1. The number of hydrogen-bond acceptors (Lipinski definition) is 2. The molecule has 4 heteroatoms. The number of aromatic amines is 1. The van der Waals surface area contributed by atoms with Gasteiger partial charge in [-0.05, 0) is 25.1 Å². The zero-order chi connectivity index (χ0) is 10.8. The molecule has 15 heavy (non-hydrogen) atoms. The highest BCUT2D eigenvalue weighted by molar-refractivity contribution is 7.71. The molecule has 1 aromatic heterocycles. The molecule has 0 aliphatic carbocycles. The molecule has 0 spiro atoms. The monoisotopic (exact) mass is 220 g/mol. The van der Waals surface area contributed by atoms with Crippen molar-refractivity contribution in [2.24, 2.45) is 0 Å². The van der Waals surface area contributed by atoms with Crippen molar-refractivity contribution in [2.75, 3.05) is 7.11 Å². The highest BCUT2D eigenvalue weighted by Gasteiger charge is 2.05. The van der Waals surface area contributed by atoms with Crippen LogP contribution < -0.4 is 4.74 Å². The van der Waals surface area contributed by atoms with Gasteiger partial charge in [-0.1, -0.05) is 24.4 Å². The fourth-order valence-electron chi connectivity index (χ4n) is 1.51. The second kappa shape index (κ2) is 3.90. The van der Waals surface area contributed by atoms with Crippen molar-refractivity contribution in [1.82, 2.24) is 9.78 Å². The molecule has 0 atom stereocenters. The van der Waals surface area contributed by atoms with E-state index in [-0.39, 0.29) is 0 Å². The van der Waals surface area contributed by atoms with Gasteiger partial charge in [-0.25, -0.2) is 4.68 Å². The molecule has 1 heterocycles. The van der Waals surface area contributed by atoms with E-state index in [2.05, 4.69) is 5.10 Å². The van der Waals surface area contributed by atoms with Crippen LogP contribution in [-0.4, -0.2) is 16.9 Å². The largest absolute Gasteiger partial charge is 0.494 e. The van der Waals surface area contributed by atoms with Crippen molar-refractivity contribution in [1.29, 1.82) is 0 Å². The quantitative estimate of drug-likeness (QED) is 0.789. The Morgan fingerprint density at radius 2 is 2.07 bits per heavy atom. The third kappa shape index (κ3) is 1.80. The number of ether oxygens (including phenoxy) is 1. The zero-order valence-electron chi connectivity index (χ0n) is 8.65. The first kappa shape index (κ1) is 9.98. The van der Waals surface area contributed by atoms with Crippen LogP contribution in [0.15, 0.2) is 30.3 Å². The number of rotatable bonds is 2. The molecule has 0 unspecified atom stereocenters. The van der Waals surface area contributed by atoms with E-state index >= 15 is 0 Å². The highest BCUT2D eigenvalue weighted by atomic mass is 32.1. The Bertz CT molecular complexity index is 527. The van der Waals surface area contributed by atoms with Gasteiger partial charge in [-0.2, -0.15) is 0 Å². The number of aryl methyl sites for hydroxylation is 1. The van der Waals surface area contributed by atoms with E-state index in [1.54, 1.807) is 7.11 Å². The highest BCUT2D eigenvalue weighted by Crippen LogP contribution is 2.21. The van der Waals surface area contributed by atoms with Gasteiger partial charge in [0, 0.05) is 5.69 Å². The molecule has 0 bridgehead atoms. The fraction of sp³-hybridized carbons (Fsp3) is 0.182. The maximum absolute atomic E-state index is 5.28. The lowest BCUT2D eigenvalue weighted by atomic mass is 10.3. The summed E-state index contributed by atoms with van der Waals surface area (Å²) in [6, 6.07) is 9.68. The summed E-state index contributed by atoms with van der Waals surface area (Å²) in [6.45, 7) is 1.97. The molecule has 1 N–H and O–H groups in total. The van der Waals surface area contributed by atoms with Gasteiger partial charge < -0.3 is 4.74 Å². The number of methoxy groups -OCH3 is 1. The second-order valence-corrected chi connectivity index (χ2v) is 3.70. The Labute approximate surface area is 93.3 Å². The summed E-state index contributed by atoms with van der Waals surface area (Å²) in [4.78, 5) is 0. The maximum atomic E-state index is 5.28. The molecule has 0 radical (unpaired) electrons. The van der Waals surface area contributed by atoms with Crippen molar-refractivity contribution in [3.8, 4) is 11.4 Å². The van der Waals surface area contributed by atoms with E-state index in [9.17, 15) is 0 Å². The number of aromatic nitrogens is 2. The minimum atomic E-state index is 0.747. The zero-order valence-corrected chi connectivity index (χ0v) is 9.47. The predicted octanol–water partition coefficient (Wildman–Crippen LogP) is 2.85. The Kier molecular flexibility index (Phi) is 2.60. The van der Waals surface area contributed by atoms with E-state index in [1.807, 2.05) is 41.9 Å². The van der Waals surface area contributed by atoms with Crippen molar-refractivity contribution in [2.45, 2.75) is 6.92 Å². The predicted molar refractivity (Wildman–Crippen MR) is 62.2 cm³/mol. The summed E-state index contributed by atoms with van der Waals surface area (Å²) >= 11 is 5.24. The first-order valence-corrected chi connectivity index (χ1v) is 5.05. The van der Waals surface area contributed by atoms with Crippen molar-refractivity contribution in [3.63, 3.8) is 0 Å². The number of nitrogens with zero attached hydrogens (tertiary/aromatic N) is 1. The van der Waals surface area contributed by atoms with Crippen LogP contribution in [0.2, 0.25) is 0 Å². The normalized spacial score (nSPS) is 10.3. The van der Waals surface area contributed by atoms with Gasteiger partial charge in [0.15, 0.2) is 0 Å². The molecule has 3 nitrogen and oxygen atoms in total. The van der Waals surface area contributed by atoms with Crippen molar-refractivity contribution >= 4 is 12.2 Å². The third-order valence-electron chi connectivity index (χ3n) is 2.17. The van der Waals surface area contributed by atoms with Crippen LogP contribution in [0.25, 0.3) is 5.69 Å². The lowest BCUT2D eigenvalue weighted by Crippen LogP contribution is -1.99. The molecule has 0 aliphatic rings. The molecule has 0 saturated heterocycles. The van der Waals surface area contributed by atoms with Crippen LogP contribution in [0, 0.1) is 11.6 Å². The lowest BCUT2D eigenvalue weighted by Gasteiger charge is -2.08. The average Bonchev–Trinajstić information content (AvgIpc) is 2.57. The van der Waals surface area contributed by atoms with E-state index in [4.69, 9.17) is 17.0 Å². The molecular formula is C11H12N2OS. The van der Waals surface area contributed by atoms with Crippen LogP contribution in [0.5, 0.6) is 5.75 Å². The summed E-state index contributed by atoms with van der Waals surface area (Å²) in [6.07, 6.45) is 0. The Hall–Kier alpha value is -1.55. The van der Waals surface area contributed by atoms with Crippen LogP contribution in [0.1, 0.15) is 5.69 Å². The Morgan fingerprint density at radius 1 is 1.33 bits per heavy atom. The van der Waals surface area contributed by atoms with E-state index < -0.39 is 0 Å². The van der Waals surface area contributed by atoms with Crippen LogP contribution in [0.3, 0.4) is 0 Å². The van der Waals surface area contributed by atoms with E-state index in [0.717, 1.165) is 21.8 Å². The van der Waals surface area contributed by atoms with E-state index in [1.165, 1.54) is 0 Å².